The lowest BCUT2D eigenvalue weighted by molar-refractivity contribution is 0.465. The Bertz CT molecular complexity index is 630. The van der Waals surface area contributed by atoms with Crippen LogP contribution < -0.4 is 0 Å². The number of benzene rings is 1. The van der Waals surface area contributed by atoms with Gasteiger partial charge in [0.25, 0.3) is 0 Å². The third kappa shape index (κ3) is 1.99. The van der Waals surface area contributed by atoms with Crippen molar-refractivity contribution < 1.29 is 5.11 Å². The number of hydrogen-bond donors (Lipinski definition) is 1. The predicted molar refractivity (Wildman–Crippen MR) is 68.3 cm³/mol. The molecule has 4 heteroatoms. The minimum Gasteiger partial charge on any atom is -0.506 e. The molecule has 0 amide bonds. The highest BCUT2D eigenvalue weighted by Gasteiger charge is 2.07. The molecule has 0 spiro atoms. The van der Waals surface area contributed by atoms with Gasteiger partial charge in [0.1, 0.15) is 5.75 Å². The highest BCUT2D eigenvalue weighted by Crippen LogP contribution is 2.25. The topological polar surface area (TPSA) is 46.0 Å². The maximum absolute atomic E-state index is 9.66. The van der Waals surface area contributed by atoms with E-state index in [-0.39, 0.29) is 5.75 Å². The standard InChI is InChI=1S/C13H10N2OS/c16-11-5-3-7-14-10(11)8-13-15-9-4-1-2-6-12(9)17-13/h1-7,16H,8H2. The van der Waals surface area contributed by atoms with E-state index in [9.17, 15) is 5.11 Å². The molecule has 0 fully saturated rings. The van der Waals surface area contributed by atoms with Gasteiger partial charge in [0.05, 0.1) is 20.9 Å². The number of aromatic nitrogens is 2. The van der Waals surface area contributed by atoms with Crippen LogP contribution >= 0.6 is 11.3 Å². The summed E-state index contributed by atoms with van der Waals surface area (Å²) in [5.74, 6) is 0.228. The van der Waals surface area contributed by atoms with Gasteiger partial charge in [0, 0.05) is 12.6 Å². The molecule has 0 saturated heterocycles. The number of fused-ring (bicyclic) bond motifs is 1. The average molecular weight is 242 g/mol. The van der Waals surface area contributed by atoms with E-state index in [1.807, 2.05) is 18.2 Å². The third-order valence-corrected chi connectivity index (χ3v) is 3.56. The molecule has 0 radical (unpaired) electrons. The van der Waals surface area contributed by atoms with E-state index >= 15 is 0 Å². The molecule has 0 aliphatic heterocycles. The molecule has 3 nitrogen and oxygen atoms in total. The number of para-hydroxylation sites is 1. The van der Waals surface area contributed by atoms with Crippen LogP contribution in [0.25, 0.3) is 10.2 Å². The van der Waals surface area contributed by atoms with Gasteiger partial charge in [-0.1, -0.05) is 12.1 Å². The van der Waals surface area contributed by atoms with Gasteiger partial charge in [-0.05, 0) is 24.3 Å². The van der Waals surface area contributed by atoms with Crippen LogP contribution in [0.5, 0.6) is 5.75 Å². The minimum absolute atomic E-state index is 0.228. The van der Waals surface area contributed by atoms with Gasteiger partial charge >= 0.3 is 0 Å². The molecule has 0 bridgehead atoms. The zero-order valence-electron chi connectivity index (χ0n) is 9.00. The van der Waals surface area contributed by atoms with Crippen LogP contribution in [-0.2, 0) is 6.42 Å². The predicted octanol–water partition coefficient (Wildman–Crippen LogP) is 2.99. The van der Waals surface area contributed by atoms with Crippen molar-refractivity contribution in [2.45, 2.75) is 6.42 Å². The fraction of sp³-hybridized carbons (Fsp3) is 0.0769. The number of rotatable bonds is 2. The first-order valence-corrected chi connectivity index (χ1v) is 6.12. The molecular weight excluding hydrogens is 232 g/mol. The summed E-state index contributed by atoms with van der Waals surface area (Å²) in [6, 6.07) is 11.4. The molecule has 3 rings (SSSR count). The van der Waals surface area contributed by atoms with Crippen molar-refractivity contribution in [3.8, 4) is 5.75 Å². The first-order valence-electron chi connectivity index (χ1n) is 5.30. The van der Waals surface area contributed by atoms with Crippen molar-refractivity contribution in [1.29, 1.82) is 0 Å². The first-order chi connectivity index (χ1) is 8.33. The SMILES string of the molecule is Oc1cccnc1Cc1nc2ccccc2s1. The second-order valence-electron chi connectivity index (χ2n) is 3.72. The zero-order valence-corrected chi connectivity index (χ0v) is 9.81. The van der Waals surface area contributed by atoms with Crippen LogP contribution in [0.4, 0.5) is 0 Å². The van der Waals surface area contributed by atoms with Crippen LogP contribution in [-0.4, -0.2) is 15.1 Å². The Labute approximate surface area is 102 Å². The minimum atomic E-state index is 0.228. The summed E-state index contributed by atoms with van der Waals surface area (Å²) in [7, 11) is 0. The Morgan fingerprint density at radius 1 is 1.12 bits per heavy atom. The lowest BCUT2D eigenvalue weighted by atomic mass is 10.2. The second-order valence-corrected chi connectivity index (χ2v) is 4.84. The van der Waals surface area contributed by atoms with E-state index in [1.165, 1.54) is 0 Å². The maximum atomic E-state index is 9.66. The largest absolute Gasteiger partial charge is 0.506 e. The molecular formula is C13H10N2OS. The van der Waals surface area contributed by atoms with Crippen molar-refractivity contribution in [2.75, 3.05) is 0 Å². The third-order valence-electron chi connectivity index (χ3n) is 2.52. The van der Waals surface area contributed by atoms with Gasteiger partial charge < -0.3 is 5.11 Å². The van der Waals surface area contributed by atoms with Crippen LogP contribution in [0.1, 0.15) is 10.7 Å². The molecule has 84 valence electrons. The van der Waals surface area contributed by atoms with E-state index in [2.05, 4.69) is 16.0 Å². The van der Waals surface area contributed by atoms with Gasteiger partial charge in [0.15, 0.2) is 0 Å². The normalized spacial score (nSPS) is 10.8. The molecule has 1 aromatic carbocycles. The molecule has 17 heavy (non-hydrogen) atoms. The molecule has 2 heterocycles. The molecule has 2 aromatic heterocycles. The Balaban J connectivity index is 1.98. The van der Waals surface area contributed by atoms with Crippen LogP contribution in [0.3, 0.4) is 0 Å². The summed E-state index contributed by atoms with van der Waals surface area (Å²) in [5.41, 5.74) is 1.68. The first kappa shape index (κ1) is 10.2. The van der Waals surface area contributed by atoms with Gasteiger partial charge in [-0.2, -0.15) is 0 Å². The molecule has 0 aliphatic rings. The molecule has 0 unspecified atom stereocenters. The number of nitrogens with zero attached hydrogens (tertiary/aromatic N) is 2. The van der Waals surface area contributed by atoms with Crippen molar-refractivity contribution in [1.82, 2.24) is 9.97 Å². The van der Waals surface area contributed by atoms with E-state index < -0.39 is 0 Å². The summed E-state index contributed by atoms with van der Waals surface area (Å²) in [6.07, 6.45) is 2.26. The fourth-order valence-electron chi connectivity index (χ4n) is 1.70. The van der Waals surface area contributed by atoms with Gasteiger partial charge in [-0.3, -0.25) is 4.98 Å². The quantitative estimate of drug-likeness (QED) is 0.751. The van der Waals surface area contributed by atoms with Gasteiger partial charge in [-0.15, -0.1) is 11.3 Å². The van der Waals surface area contributed by atoms with E-state index in [0.29, 0.717) is 12.1 Å². The average Bonchev–Trinajstić information content (AvgIpc) is 2.74. The smallest absolute Gasteiger partial charge is 0.137 e. The van der Waals surface area contributed by atoms with Crippen molar-refractivity contribution in [3.63, 3.8) is 0 Å². The lowest BCUT2D eigenvalue weighted by Crippen LogP contribution is -1.91. The number of thiazole rings is 1. The maximum Gasteiger partial charge on any atom is 0.137 e. The highest BCUT2D eigenvalue weighted by atomic mass is 32.1. The molecule has 0 aliphatic carbocycles. The lowest BCUT2D eigenvalue weighted by Gasteiger charge is -1.99. The number of aromatic hydroxyl groups is 1. The monoisotopic (exact) mass is 242 g/mol. The summed E-state index contributed by atoms with van der Waals surface area (Å²) >= 11 is 1.64. The van der Waals surface area contributed by atoms with Crippen molar-refractivity contribution >= 4 is 21.6 Å². The highest BCUT2D eigenvalue weighted by molar-refractivity contribution is 7.18. The fourth-order valence-corrected chi connectivity index (χ4v) is 2.68. The molecule has 0 atom stereocenters. The zero-order chi connectivity index (χ0) is 11.7. The van der Waals surface area contributed by atoms with Crippen LogP contribution in [0.15, 0.2) is 42.6 Å². The van der Waals surface area contributed by atoms with Crippen LogP contribution in [0, 0.1) is 0 Å². The Morgan fingerprint density at radius 2 is 2.00 bits per heavy atom. The summed E-state index contributed by atoms with van der Waals surface area (Å²) in [5, 5.41) is 10.6. The van der Waals surface area contributed by atoms with E-state index in [0.717, 1.165) is 15.2 Å². The number of pyridine rings is 1. The second kappa shape index (κ2) is 4.14. The Morgan fingerprint density at radius 3 is 2.82 bits per heavy atom. The Hall–Kier alpha value is -1.94. The van der Waals surface area contributed by atoms with E-state index in [4.69, 9.17) is 0 Å². The van der Waals surface area contributed by atoms with Gasteiger partial charge in [0.2, 0.25) is 0 Å². The number of hydrogen-bond acceptors (Lipinski definition) is 4. The Kier molecular flexibility index (Phi) is 2.49. The molecule has 1 N–H and O–H groups in total. The summed E-state index contributed by atoms with van der Waals surface area (Å²) in [6.45, 7) is 0. The molecule has 3 aromatic rings. The summed E-state index contributed by atoms with van der Waals surface area (Å²) < 4.78 is 1.16. The summed E-state index contributed by atoms with van der Waals surface area (Å²) in [4.78, 5) is 8.68. The van der Waals surface area contributed by atoms with Gasteiger partial charge in [-0.25, -0.2) is 4.98 Å². The molecule has 0 saturated carbocycles. The van der Waals surface area contributed by atoms with Crippen molar-refractivity contribution in [3.05, 3.63) is 53.3 Å². The van der Waals surface area contributed by atoms with E-state index in [1.54, 1.807) is 29.7 Å². The van der Waals surface area contributed by atoms with Crippen molar-refractivity contribution in [2.24, 2.45) is 0 Å². The van der Waals surface area contributed by atoms with Crippen LogP contribution in [0.2, 0.25) is 0 Å².